The molecule has 0 fully saturated rings. The van der Waals surface area contributed by atoms with Gasteiger partial charge in [-0.15, -0.1) is 0 Å². The van der Waals surface area contributed by atoms with E-state index in [2.05, 4.69) is 5.32 Å². The molecule has 0 aliphatic rings. The highest BCUT2D eigenvalue weighted by Gasteiger charge is 2.17. The second kappa shape index (κ2) is 7.02. The molecule has 128 valence electrons. The van der Waals surface area contributed by atoms with Gasteiger partial charge < -0.3 is 10.1 Å². The van der Waals surface area contributed by atoms with Crippen molar-refractivity contribution in [3.8, 4) is 5.75 Å². The van der Waals surface area contributed by atoms with Gasteiger partial charge in [0.15, 0.2) is 0 Å². The largest absolute Gasteiger partial charge is 0.494 e. The van der Waals surface area contributed by atoms with Gasteiger partial charge in [0.1, 0.15) is 5.75 Å². The first-order valence-electron chi connectivity index (χ1n) is 7.40. The normalized spacial score (nSPS) is 11.2. The minimum absolute atomic E-state index is 0.0423. The third-order valence-corrected chi connectivity index (χ3v) is 4.65. The number of benzene rings is 2. The molecule has 0 aliphatic heterocycles. The van der Waals surface area contributed by atoms with Crippen molar-refractivity contribution in [1.82, 2.24) is 0 Å². The minimum atomic E-state index is -3.89. The second-order valence-corrected chi connectivity index (χ2v) is 6.90. The van der Waals surface area contributed by atoms with E-state index in [4.69, 9.17) is 9.88 Å². The van der Waals surface area contributed by atoms with E-state index in [9.17, 15) is 13.2 Å². The molecule has 1 amide bonds. The van der Waals surface area contributed by atoms with E-state index in [0.717, 1.165) is 0 Å². The Morgan fingerprint density at radius 1 is 1.17 bits per heavy atom. The van der Waals surface area contributed by atoms with Gasteiger partial charge in [-0.3, -0.25) is 4.79 Å². The average molecular weight is 348 g/mol. The van der Waals surface area contributed by atoms with E-state index in [1.165, 1.54) is 6.07 Å². The van der Waals surface area contributed by atoms with Crippen LogP contribution in [0.15, 0.2) is 41.3 Å². The topological polar surface area (TPSA) is 98.5 Å². The first kappa shape index (κ1) is 18.0. The first-order chi connectivity index (χ1) is 11.2. The SMILES string of the molecule is CCOc1ccc(NC(=O)c2cc(C)c(C)c(S(N)(=O)=O)c2)cc1. The number of nitrogens with two attached hydrogens (primary N) is 1. The van der Waals surface area contributed by atoms with Crippen LogP contribution in [0, 0.1) is 13.8 Å². The fraction of sp³-hybridized carbons (Fsp3) is 0.235. The Kier molecular flexibility index (Phi) is 5.26. The molecule has 2 rings (SSSR count). The average Bonchev–Trinajstić information content (AvgIpc) is 2.50. The quantitative estimate of drug-likeness (QED) is 0.867. The summed E-state index contributed by atoms with van der Waals surface area (Å²) in [6, 6.07) is 9.84. The summed E-state index contributed by atoms with van der Waals surface area (Å²) in [6.45, 7) is 5.84. The van der Waals surface area contributed by atoms with Gasteiger partial charge in [-0.2, -0.15) is 0 Å². The molecule has 0 radical (unpaired) electrons. The highest BCUT2D eigenvalue weighted by Crippen LogP contribution is 2.21. The number of sulfonamides is 1. The van der Waals surface area contributed by atoms with Gasteiger partial charge in [-0.1, -0.05) is 0 Å². The van der Waals surface area contributed by atoms with Crippen LogP contribution in [0.1, 0.15) is 28.4 Å². The zero-order valence-corrected chi connectivity index (χ0v) is 14.6. The molecule has 0 unspecified atom stereocenters. The molecule has 7 heteroatoms. The van der Waals surface area contributed by atoms with Crippen molar-refractivity contribution in [2.45, 2.75) is 25.7 Å². The monoisotopic (exact) mass is 348 g/mol. The first-order valence-corrected chi connectivity index (χ1v) is 8.95. The summed E-state index contributed by atoms with van der Waals surface area (Å²) >= 11 is 0. The summed E-state index contributed by atoms with van der Waals surface area (Å²) in [4.78, 5) is 12.3. The lowest BCUT2D eigenvalue weighted by Gasteiger charge is -2.11. The summed E-state index contributed by atoms with van der Waals surface area (Å²) in [5.74, 6) is 0.297. The standard InChI is InChI=1S/C17H20N2O4S/c1-4-23-15-7-5-14(6-8-15)19-17(20)13-9-11(2)12(3)16(10-13)24(18,21)22/h5-10H,4H2,1-3H3,(H,19,20)(H2,18,21,22). The molecule has 3 N–H and O–H groups in total. The number of nitrogens with one attached hydrogen (secondary N) is 1. The van der Waals surface area contributed by atoms with Gasteiger partial charge in [-0.05, 0) is 68.3 Å². The van der Waals surface area contributed by atoms with E-state index >= 15 is 0 Å². The number of carbonyl (C=O) groups excluding carboxylic acids is 1. The summed E-state index contributed by atoms with van der Waals surface area (Å²) in [7, 11) is -3.89. The molecule has 0 heterocycles. The van der Waals surface area contributed by atoms with Gasteiger partial charge >= 0.3 is 0 Å². The molecule has 0 aliphatic carbocycles. The van der Waals surface area contributed by atoms with E-state index < -0.39 is 15.9 Å². The fourth-order valence-electron chi connectivity index (χ4n) is 2.26. The van der Waals surface area contributed by atoms with Gasteiger partial charge in [0.05, 0.1) is 11.5 Å². The van der Waals surface area contributed by atoms with Crippen LogP contribution in [-0.2, 0) is 10.0 Å². The van der Waals surface area contributed by atoms with Crippen LogP contribution in [-0.4, -0.2) is 20.9 Å². The molecule has 0 atom stereocenters. The van der Waals surface area contributed by atoms with Crippen LogP contribution in [0.3, 0.4) is 0 Å². The van der Waals surface area contributed by atoms with Crippen LogP contribution in [0.25, 0.3) is 0 Å². The van der Waals surface area contributed by atoms with E-state index in [1.807, 2.05) is 6.92 Å². The molecule has 0 bridgehead atoms. The van der Waals surface area contributed by atoms with Crippen LogP contribution in [0.2, 0.25) is 0 Å². The van der Waals surface area contributed by atoms with Gasteiger partial charge in [0.25, 0.3) is 5.91 Å². The zero-order valence-electron chi connectivity index (χ0n) is 13.8. The predicted molar refractivity (Wildman–Crippen MR) is 92.9 cm³/mol. The maximum absolute atomic E-state index is 12.4. The van der Waals surface area contributed by atoms with Crippen molar-refractivity contribution < 1.29 is 17.9 Å². The number of aryl methyl sites for hydroxylation is 1. The predicted octanol–water partition coefficient (Wildman–Crippen LogP) is 2.60. The van der Waals surface area contributed by atoms with Crippen LogP contribution < -0.4 is 15.2 Å². The lowest BCUT2D eigenvalue weighted by atomic mass is 10.1. The molecule has 2 aromatic rings. The van der Waals surface area contributed by atoms with Gasteiger partial charge in [0.2, 0.25) is 10.0 Å². The summed E-state index contributed by atoms with van der Waals surface area (Å²) in [6.07, 6.45) is 0. The van der Waals surface area contributed by atoms with Crippen molar-refractivity contribution in [3.63, 3.8) is 0 Å². The number of hydrogen-bond acceptors (Lipinski definition) is 4. The molecule has 24 heavy (non-hydrogen) atoms. The second-order valence-electron chi connectivity index (χ2n) is 5.37. The fourth-order valence-corrected chi connectivity index (χ4v) is 3.14. The number of carbonyl (C=O) groups is 1. The Hall–Kier alpha value is -2.38. The molecule has 0 saturated carbocycles. The summed E-state index contributed by atoms with van der Waals surface area (Å²) in [5.41, 5.74) is 2.03. The molecule has 0 saturated heterocycles. The van der Waals surface area contributed by atoms with Crippen molar-refractivity contribution in [2.75, 3.05) is 11.9 Å². The van der Waals surface area contributed by atoms with E-state index in [-0.39, 0.29) is 10.5 Å². The van der Waals surface area contributed by atoms with Crippen molar-refractivity contribution in [2.24, 2.45) is 5.14 Å². The highest BCUT2D eigenvalue weighted by atomic mass is 32.2. The Morgan fingerprint density at radius 2 is 1.79 bits per heavy atom. The Balaban J connectivity index is 2.28. The molecular formula is C17H20N2O4S. The summed E-state index contributed by atoms with van der Waals surface area (Å²) in [5, 5.41) is 7.94. The molecular weight excluding hydrogens is 328 g/mol. The van der Waals surface area contributed by atoms with Crippen molar-refractivity contribution in [3.05, 3.63) is 53.1 Å². The van der Waals surface area contributed by atoms with E-state index in [0.29, 0.717) is 29.2 Å². The molecule has 2 aromatic carbocycles. The van der Waals surface area contributed by atoms with Gasteiger partial charge in [0, 0.05) is 11.3 Å². The third kappa shape index (κ3) is 4.12. The minimum Gasteiger partial charge on any atom is -0.494 e. The maximum atomic E-state index is 12.4. The van der Waals surface area contributed by atoms with Crippen LogP contribution in [0.5, 0.6) is 5.75 Å². The number of rotatable bonds is 5. The maximum Gasteiger partial charge on any atom is 0.255 e. The van der Waals surface area contributed by atoms with E-state index in [1.54, 1.807) is 44.2 Å². The van der Waals surface area contributed by atoms with Crippen molar-refractivity contribution in [1.29, 1.82) is 0 Å². The lowest BCUT2D eigenvalue weighted by Crippen LogP contribution is -2.17. The number of hydrogen-bond donors (Lipinski definition) is 2. The Labute approximate surface area is 141 Å². The lowest BCUT2D eigenvalue weighted by molar-refractivity contribution is 0.102. The molecule has 0 aromatic heterocycles. The molecule has 0 spiro atoms. The number of anilines is 1. The third-order valence-electron chi connectivity index (χ3n) is 3.61. The van der Waals surface area contributed by atoms with Crippen LogP contribution >= 0.6 is 0 Å². The molecule has 6 nitrogen and oxygen atoms in total. The summed E-state index contributed by atoms with van der Waals surface area (Å²) < 4.78 is 28.7. The highest BCUT2D eigenvalue weighted by molar-refractivity contribution is 7.89. The smallest absolute Gasteiger partial charge is 0.255 e. The number of primary sulfonamides is 1. The Morgan fingerprint density at radius 3 is 2.33 bits per heavy atom. The van der Waals surface area contributed by atoms with Crippen molar-refractivity contribution >= 4 is 21.6 Å². The number of ether oxygens (including phenoxy) is 1. The number of amides is 1. The Bertz CT molecular complexity index is 859. The van der Waals surface area contributed by atoms with Crippen LogP contribution in [0.4, 0.5) is 5.69 Å². The van der Waals surface area contributed by atoms with Gasteiger partial charge in [-0.25, -0.2) is 13.6 Å². The zero-order chi connectivity index (χ0) is 17.9.